The summed E-state index contributed by atoms with van der Waals surface area (Å²) in [4.78, 5) is 39.9. The highest BCUT2D eigenvalue weighted by molar-refractivity contribution is 6.07. The van der Waals surface area contributed by atoms with Crippen LogP contribution in [-0.2, 0) is 10.2 Å². The third kappa shape index (κ3) is 2.14. The van der Waals surface area contributed by atoms with E-state index < -0.39 is 16.8 Å². The first kappa shape index (κ1) is 15.7. The van der Waals surface area contributed by atoms with Crippen molar-refractivity contribution in [1.29, 1.82) is 0 Å². The molecule has 0 bridgehead atoms. The molecule has 2 N–H and O–H groups in total. The summed E-state index contributed by atoms with van der Waals surface area (Å²) in [6.07, 6.45) is 0.521. The number of aromatic nitrogens is 2. The average Bonchev–Trinajstić information content (AvgIpc) is 3.25. The van der Waals surface area contributed by atoms with E-state index in [1.165, 1.54) is 0 Å². The number of para-hydroxylation sites is 2. The predicted molar refractivity (Wildman–Crippen MR) is 99.6 cm³/mol. The van der Waals surface area contributed by atoms with Gasteiger partial charge in [-0.3, -0.25) is 19.5 Å². The molecule has 0 radical (unpaired) electrons. The maximum absolute atomic E-state index is 13.0. The van der Waals surface area contributed by atoms with E-state index in [0.717, 1.165) is 11.3 Å². The highest BCUT2D eigenvalue weighted by Crippen LogP contribution is 2.44. The molecule has 0 aliphatic carbocycles. The Balaban J connectivity index is 1.51. The third-order valence-electron chi connectivity index (χ3n) is 5.56. The molecule has 7 heteroatoms. The number of anilines is 1. The van der Waals surface area contributed by atoms with Crippen molar-refractivity contribution in [3.05, 3.63) is 70.0 Å². The molecule has 5 rings (SSSR count). The second-order valence-electron chi connectivity index (χ2n) is 7.01. The minimum atomic E-state index is -0.754. The fraction of sp³-hybridized carbons (Fsp3) is 0.200. The molecular formula is C20H16N4O3. The molecular weight excluding hydrogens is 344 g/mol. The van der Waals surface area contributed by atoms with Gasteiger partial charge < -0.3 is 10.2 Å². The standard InChI is InChI=1S/C20H16N4O3/c25-17-12-5-1-3-7-14(12)22-23-16(17)18(26)24-10-9-20(11-24)13-6-2-4-8-15(13)21-19(20)27/h1-8H,9-11H2,(H,21,27)(H,22,25). The van der Waals surface area contributed by atoms with Gasteiger partial charge in [-0.15, -0.1) is 0 Å². The van der Waals surface area contributed by atoms with Gasteiger partial charge in [0.2, 0.25) is 11.3 Å². The van der Waals surface area contributed by atoms with Gasteiger partial charge >= 0.3 is 0 Å². The summed E-state index contributed by atoms with van der Waals surface area (Å²) in [5.74, 6) is -0.546. The molecule has 1 aromatic heterocycles. The van der Waals surface area contributed by atoms with Gasteiger partial charge in [0.25, 0.3) is 5.91 Å². The lowest BCUT2D eigenvalue weighted by Crippen LogP contribution is -2.40. The predicted octanol–water partition coefficient (Wildman–Crippen LogP) is 1.66. The quantitative estimate of drug-likeness (QED) is 0.690. The molecule has 1 unspecified atom stereocenters. The van der Waals surface area contributed by atoms with Crippen LogP contribution in [0.4, 0.5) is 5.69 Å². The van der Waals surface area contributed by atoms with Crippen molar-refractivity contribution in [3.63, 3.8) is 0 Å². The summed E-state index contributed by atoms with van der Waals surface area (Å²) >= 11 is 0. The number of rotatable bonds is 1. The van der Waals surface area contributed by atoms with Crippen LogP contribution >= 0.6 is 0 Å². The Labute approximate surface area is 154 Å². The van der Waals surface area contributed by atoms with Gasteiger partial charge in [-0.05, 0) is 30.2 Å². The van der Waals surface area contributed by atoms with Crippen LogP contribution in [0.3, 0.4) is 0 Å². The molecule has 1 spiro atoms. The molecule has 0 saturated carbocycles. The summed E-state index contributed by atoms with van der Waals surface area (Å²) in [7, 11) is 0. The van der Waals surface area contributed by atoms with E-state index in [1.54, 1.807) is 29.2 Å². The van der Waals surface area contributed by atoms with E-state index in [-0.39, 0.29) is 18.1 Å². The second kappa shape index (κ2) is 5.51. The number of aromatic amines is 1. The monoisotopic (exact) mass is 360 g/mol. The topological polar surface area (TPSA) is 95.2 Å². The lowest BCUT2D eigenvalue weighted by Gasteiger charge is -2.22. The van der Waals surface area contributed by atoms with Crippen molar-refractivity contribution < 1.29 is 9.59 Å². The SMILES string of the molecule is O=C(c1n[nH]c2ccccc2c1=O)N1CCC2(C1)C(=O)Nc1ccccc12. The summed E-state index contributed by atoms with van der Waals surface area (Å²) < 4.78 is 0. The number of nitrogens with one attached hydrogen (secondary N) is 2. The molecule has 2 aliphatic rings. The van der Waals surface area contributed by atoms with Gasteiger partial charge in [0, 0.05) is 24.2 Å². The Kier molecular flexibility index (Phi) is 3.21. The van der Waals surface area contributed by atoms with Gasteiger partial charge in [-0.25, -0.2) is 0 Å². The molecule has 2 aromatic carbocycles. The summed E-state index contributed by atoms with van der Waals surface area (Å²) in [6.45, 7) is 0.636. The van der Waals surface area contributed by atoms with E-state index in [2.05, 4.69) is 15.5 Å². The van der Waals surface area contributed by atoms with Crippen molar-refractivity contribution in [3.8, 4) is 0 Å². The number of likely N-dealkylation sites (tertiary alicyclic amines) is 1. The van der Waals surface area contributed by atoms with Crippen LogP contribution in [0.15, 0.2) is 53.3 Å². The van der Waals surface area contributed by atoms with E-state index >= 15 is 0 Å². The number of carbonyl (C=O) groups excluding carboxylic acids is 2. The number of H-pyrrole nitrogens is 1. The molecule has 134 valence electrons. The van der Waals surface area contributed by atoms with Gasteiger partial charge in [0.1, 0.15) is 0 Å². The maximum Gasteiger partial charge on any atom is 0.278 e. The largest absolute Gasteiger partial charge is 0.336 e. The zero-order chi connectivity index (χ0) is 18.6. The summed E-state index contributed by atoms with van der Waals surface area (Å²) in [5, 5.41) is 10.1. The molecule has 7 nitrogen and oxygen atoms in total. The number of hydrogen-bond donors (Lipinski definition) is 2. The summed E-state index contributed by atoms with van der Waals surface area (Å²) in [6, 6.07) is 14.5. The van der Waals surface area contributed by atoms with Crippen molar-refractivity contribution in [2.45, 2.75) is 11.8 Å². The van der Waals surface area contributed by atoms with Crippen LogP contribution in [0, 0.1) is 0 Å². The smallest absolute Gasteiger partial charge is 0.278 e. The molecule has 27 heavy (non-hydrogen) atoms. The minimum absolute atomic E-state index is 0.0978. The molecule has 2 amide bonds. The fourth-order valence-electron chi connectivity index (χ4n) is 4.13. The Morgan fingerprint density at radius 1 is 1.07 bits per heavy atom. The Morgan fingerprint density at radius 3 is 2.74 bits per heavy atom. The van der Waals surface area contributed by atoms with Crippen LogP contribution in [0.2, 0.25) is 0 Å². The van der Waals surface area contributed by atoms with E-state index in [1.807, 2.05) is 24.3 Å². The number of carbonyl (C=O) groups is 2. The number of benzene rings is 2. The lowest BCUT2D eigenvalue weighted by atomic mass is 9.81. The van der Waals surface area contributed by atoms with Crippen LogP contribution in [0.5, 0.6) is 0 Å². The van der Waals surface area contributed by atoms with Crippen molar-refractivity contribution >= 4 is 28.4 Å². The number of fused-ring (bicyclic) bond motifs is 3. The van der Waals surface area contributed by atoms with Crippen molar-refractivity contribution in [2.24, 2.45) is 0 Å². The zero-order valence-electron chi connectivity index (χ0n) is 14.4. The van der Waals surface area contributed by atoms with Crippen LogP contribution < -0.4 is 10.7 Å². The summed E-state index contributed by atoms with van der Waals surface area (Å²) in [5.41, 5.74) is 0.991. The highest BCUT2D eigenvalue weighted by Gasteiger charge is 2.52. The fourth-order valence-corrected chi connectivity index (χ4v) is 4.13. The number of hydrogen-bond acceptors (Lipinski definition) is 4. The van der Waals surface area contributed by atoms with Gasteiger partial charge in [-0.1, -0.05) is 30.3 Å². The zero-order valence-corrected chi connectivity index (χ0v) is 14.4. The Bertz CT molecular complexity index is 1170. The molecule has 1 atom stereocenters. The van der Waals surface area contributed by atoms with Crippen LogP contribution in [0.1, 0.15) is 22.5 Å². The van der Waals surface area contributed by atoms with Crippen molar-refractivity contribution in [1.82, 2.24) is 15.1 Å². The Morgan fingerprint density at radius 2 is 1.85 bits per heavy atom. The second-order valence-corrected chi connectivity index (χ2v) is 7.01. The molecule has 2 aliphatic heterocycles. The average molecular weight is 360 g/mol. The normalized spacial score (nSPS) is 20.9. The van der Waals surface area contributed by atoms with E-state index in [4.69, 9.17) is 0 Å². The third-order valence-corrected chi connectivity index (χ3v) is 5.56. The van der Waals surface area contributed by atoms with Crippen LogP contribution in [-0.4, -0.2) is 40.0 Å². The van der Waals surface area contributed by atoms with E-state index in [9.17, 15) is 14.4 Å². The van der Waals surface area contributed by atoms with Crippen LogP contribution in [0.25, 0.3) is 10.9 Å². The Hall–Kier alpha value is -3.48. The highest BCUT2D eigenvalue weighted by atomic mass is 16.2. The number of amides is 2. The minimum Gasteiger partial charge on any atom is -0.336 e. The maximum atomic E-state index is 13.0. The van der Waals surface area contributed by atoms with Gasteiger partial charge in [-0.2, -0.15) is 5.10 Å². The van der Waals surface area contributed by atoms with Gasteiger partial charge in [0.15, 0.2) is 5.69 Å². The van der Waals surface area contributed by atoms with Gasteiger partial charge in [0.05, 0.1) is 10.9 Å². The first-order valence-electron chi connectivity index (χ1n) is 8.78. The number of nitrogens with zero attached hydrogens (tertiary/aromatic N) is 2. The molecule has 3 aromatic rings. The molecule has 1 saturated heterocycles. The first-order valence-corrected chi connectivity index (χ1v) is 8.78. The lowest BCUT2D eigenvalue weighted by molar-refractivity contribution is -0.120. The van der Waals surface area contributed by atoms with E-state index in [0.29, 0.717) is 23.9 Å². The molecule has 1 fully saturated rings. The van der Waals surface area contributed by atoms with Crippen molar-refractivity contribution in [2.75, 3.05) is 18.4 Å². The first-order chi connectivity index (χ1) is 13.1. The molecule has 3 heterocycles.